The van der Waals surface area contributed by atoms with E-state index >= 15 is 0 Å². The maximum absolute atomic E-state index is 12.3. The van der Waals surface area contributed by atoms with Gasteiger partial charge in [0.05, 0.1) is 0 Å². The summed E-state index contributed by atoms with van der Waals surface area (Å²) in [6, 6.07) is -0.820. The van der Waals surface area contributed by atoms with Crippen molar-refractivity contribution in [2.45, 2.75) is 57.4 Å². The quantitative estimate of drug-likeness (QED) is 0.829. The van der Waals surface area contributed by atoms with E-state index in [1.807, 2.05) is 0 Å². The molecule has 20 heavy (non-hydrogen) atoms. The summed E-state index contributed by atoms with van der Waals surface area (Å²) in [5.74, 6) is -0.0624. The van der Waals surface area contributed by atoms with Crippen molar-refractivity contribution in [3.8, 4) is 0 Å². The Morgan fingerprint density at radius 3 is 2.50 bits per heavy atom. The molecule has 0 bridgehead atoms. The summed E-state index contributed by atoms with van der Waals surface area (Å²) in [5.41, 5.74) is 0.361. The fourth-order valence-electron chi connectivity index (χ4n) is 3.55. The molecule has 2 amide bonds. The van der Waals surface area contributed by atoms with Gasteiger partial charge in [-0.05, 0) is 49.9 Å². The fourth-order valence-corrected chi connectivity index (χ4v) is 3.55. The predicted octanol–water partition coefficient (Wildman–Crippen LogP) is 2.22. The van der Waals surface area contributed by atoms with Crippen LogP contribution in [-0.2, 0) is 4.79 Å². The Bertz CT molecular complexity index is 402. The third-order valence-corrected chi connectivity index (χ3v) is 5.23. The van der Waals surface area contributed by atoms with Crippen LogP contribution < -0.4 is 5.32 Å². The molecule has 2 saturated carbocycles. The number of carboxylic acid groups (broad SMARTS) is 1. The summed E-state index contributed by atoms with van der Waals surface area (Å²) in [7, 11) is 0. The molecule has 112 valence electrons. The van der Waals surface area contributed by atoms with Crippen LogP contribution in [0.25, 0.3) is 0 Å². The Hall–Kier alpha value is -1.26. The molecule has 1 atom stereocenters. The van der Waals surface area contributed by atoms with Crippen molar-refractivity contribution in [1.29, 1.82) is 0 Å². The normalized spacial score (nSPS) is 28.6. The van der Waals surface area contributed by atoms with Crippen LogP contribution in [0, 0.1) is 11.3 Å². The second-order valence-electron chi connectivity index (χ2n) is 6.69. The van der Waals surface area contributed by atoms with Crippen LogP contribution in [-0.4, -0.2) is 41.1 Å². The summed E-state index contributed by atoms with van der Waals surface area (Å²) in [4.78, 5) is 25.2. The summed E-state index contributed by atoms with van der Waals surface area (Å²) in [6.45, 7) is 1.30. The van der Waals surface area contributed by atoms with E-state index in [0.717, 1.165) is 31.7 Å². The van der Waals surface area contributed by atoms with Crippen molar-refractivity contribution in [3.05, 3.63) is 0 Å². The van der Waals surface area contributed by atoms with Gasteiger partial charge in [-0.25, -0.2) is 9.59 Å². The molecule has 1 unspecified atom stereocenters. The number of carboxylic acids is 1. The number of likely N-dealkylation sites (tertiary alicyclic amines) is 1. The van der Waals surface area contributed by atoms with Crippen molar-refractivity contribution < 1.29 is 14.7 Å². The first-order chi connectivity index (χ1) is 9.62. The standard InChI is InChI=1S/C15H24N2O3/c18-13(19)12-4-2-1-3-9-17(12)14(20)16-10-15(7-8-15)11-5-6-11/h11-12H,1-10H2,(H,16,20)(H,18,19). The van der Waals surface area contributed by atoms with Crippen LogP contribution in [0.3, 0.4) is 0 Å². The minimum Gasteiger partial charge on any atom is -0.480 e. The maximum Gasteiger partial charge on any atom is 0.326 e. The smallest absolute Gasteiger partial charge is 0.326 e. The number of urea groups is 1. The highest BCUT2D eigenvalue weighted by Gasteiger charge is 2.53. The van der Waals surface area contributed by atoms with E-state index in [1.165, 1.54) is 30.6 Å². The number of amides is 2. The van der Waals surface area contributed by atoms with Gasteiger partial charge in [0.15, 0.2) is 0 Å². The van der Waals surface area contributed by atoms with Crippen LogP contribution in [0.15, 0.2) is 0 Å². The molecule has 0 aromatic carbocycles. The number of aliphatic carboxylic acids is 1. The molecule has 3 fully saturated rings. The van der Waals surface area contributed by atoms with Crippen LogP contribution >= 0.6 is 0 Å². The molecular formula is C15H24N2O3. The zero-order valence-corrected chi connectivity index (χ0v) is 11.9. The van der Waals surface area contributed by atoms with Crippen LogP contribution in [0.5, 0.6) is 0 Å². The zero-order chi connectivity index (χ0) is 14.2. The summed E-state index contributed by atoms with van der Waals surface area (Å²) in [5, 5.41) is 12.3. The fraction of sp³-hybridized carbons (Fsp3) is 0.867. The van der Waals surface area contributed by atoms with Gasteiger partial charge in [-0.1, -0.05) is 12.8 Å². The van der Waals surface area contributed by atoms with E-state index in [-0.39, 0.29) is 6.03 Å². The van der Waals surface area contributed by atoms with Gasteiger partial charge in [0.25, 0.3) is 0 Å². The van der Waals surface area contributed by atoms with Gasteiger partial charge >= 0.3 is 12.0 Å². The molecular weight excluding hydrogens is 256 g/mol. The molecule has 0 aromatic rings. The second-order valence-corrected chi connectivity index (χ2v) is 6.69. The number of nitrogens with zero attached hydrogens (tertiary/aromatic N) is 1. The molecule has 1 saturated heterocycles. The lowest BCUT2D eigenvalue weighted by Gasteiger charge is -2.28. The molecule has 0 spiro atoms. The number of carbonyl (C=O) groups excluding carboxylic acids is 1. The molecule has 5 nitrogen and oxygen atoms in total. The second kappa shape index (κ2) is 5.26. The molecule has 1 heterocycles. The summed E-state index contributed by atoms with van der Waals surface area (Å²) >= 11 is 0. The monoisotopic (exact) mass is 280 g/mol. The van der Waals surface area contributed by atoms with Gasteiger partial charge in [0.2, 0.25) is 0 Å². The number of rotatable bonds is 4. The van der Waals surface area contributed by atoms with E-state index in [9.17, 15) is 14.7 Å². The lowest BCUT2D eigenvalue weighted by Crippen LogP contribution is -2.50. The first-order valence-electron chi connectivity index (χ1n) is 7.90. The number of hydrogen-bond acceptors (Lipinski definition) is 2. The maximum atomic E-state index is 12.3. The highest BCUT2D eigenvalue weighted by Crippen LogP contribution is 2.60. The molecule has 5 heteroatoms. The number of carbonyl (C=O) groups is 2. The van der Waals surface area contributed by atoms with Crippen LogP contribution in [0.2, 0.25) is 0 Å². The molecule has 1 aliphatic heterocycles. The Kier molecular flexibility index (Phi) is 3.61. The average molecular weight is 280 g/mol. The van der Waals surface area contributed by atoms with E-state index < -0.39 is 12.0 Å². The van der Waals surface area contributed by atoms with E-state index in [0.29, 0.717) is 18.4 Å². The minimum atomic E-state index is -0.870. The predicted molar refractivity (Wildman–Crippen MR) is 74.4 cm³/mol. The third kappa shape index (κ3) is 2.76. The molecule has 0 radical (unpaired) electrons. The topological polar surface area (TPSA) is 69.6 Å². The Morgan fingerprint density at radius 1 is 1.15 bits per heavy atom. The highest BCUT2D eigenvalue weighted by molar-refractivity contribution is 5.82. The summed E-state index contributed by atoms with van der Waals surface area (Å²) in [6.07, 6.45) is 8.45. The SMILES string of the molecule is O=C(O)C1CCCCCN1C(=O)NCC1(C2CC2)CC1. The van der Waals surface area contributed by atoms with Crippen LogP contribution in [0.4, 0.5) is 4.79 Å². The van der Waals surface area contributed by atoms with Crippen LogP contribution in [0.1, 0.15) is 51.4 Å². The number of nitrogens with one attached hydrogen (secondary N) is 1. The minimum absolute atomic E-state index is 0.175. The third-order valence-electron chi connectivity index (χ3n) is 5.23. The molecule has 3 aliphatic rings. The van der Waals surface area contributed by atoms with Crippen molar-refractivity contribution in [2.24, 2.45) is 11.3 Å². The van der Waals surface area contributed by atoms with Crippen molar-refractivity contribution in [2.75, 3.05) is 13.1 Å². The van der Waals surface area contributed by atoms with Gasteiger partial charge in [0.1, 0.15) is 6.04 Å². The van der Waals surface area contributed by atoms with Crippen molar-refractivity contribution in [3.63, 3.8) is 0 Å². The Morgan fingerprint density at radius 2 is 1.90 bits per heavy atom. The van der Waals surface area contributed by atoms with Gasteiger partial charge in [-0.2, -0.15) is 0 Å². The van der Waals surface area contributed by atoms with Gasteiger partial charge in [0, 0.05) is 13.1 Å². The highest BCUT2D eigenvalue weighted by atomic mass is 16.4. The first kappa shape index (κ1) is 13.7. The lowest BCUT2D eigenvalue weighted by atomic mass is 10.0. The Labute approximate surface area is 119 Å². The average Bonchev–Trinajstić information content (AvgIpc) is 3.31. The van der Waals surface area contributed by atoms with E-state index in [4.69, 9.17) is 0 Å². The van der Waals surface area contributed by atoms with E-state index in [2.05, 4.69) is 5.32 Å². The largest absolute Gasteiger partial charge is 0.480 e. The number of hydrogen-bond donors (Lipinski definition) is 2. The van der Waals surface area contributed by atoms with Gasteiger partial charge in [-0.3, -0.25) is 0 Å². The van der Waals surface area contributed by atoms with Gasteiger partial charge < -0.3 is 15.3 Å². The van der Waals surface area contributed by atoms with Gasteiger partial charge in [-0.15, -0.1) is 0 Å². The molecule has 3 rings (SSSR count). The first-order valence-corrected chi connectivity index (χ1v) is 7.90. The van der Waals surface area contributed by atoms with Crippen molar-refractivity contribution in [1.82, 2.24) is 10.2 Å². The lowest BCUT2D eigenvalue weighted by molar-refractivity contribution is -0.142. The molecule has 2 aliphatic carbocycles. The molecule has 0 aromatic heterocycles. The zero-order valence-electron chi connectivity index (χ0n) is 11.9. The summed E-state index contributed by atoms with van der Waals surface area (Å²) < 4.78 is 0. The Balaban J connectivity index is 1.57. The molecule has 2 N–H and O–H groups in total. The van der Waals surface area contributed by atoms with Crippen molar-refractivity contribution >= 4 is 12.0 Å². The van der Waals surface area contributed by atoms with E-state index in [1.54, 1.807) is 0 Å².